The molecule has 1 aliphatic rings. The van der Waals surface area contributed by atoms with Crippen LogP contribution in [0.1, 0.15) is 41.7 Å². The number of anilines is 1. The molecule has 0 aliphatic carbocycles. The van der Waals surface area contributed by atoms with Crippen LogP contribution in [-0.4, -0.2) is 38.8 Å². The quantitative estimate of drug-likeness (QED) is 0.291. The number of hydrogen-bond acceptors (Lipinski definition) is 6. The number of ether oxygens (including phenoxy) is 4. The summed E-state index contributed by atoms with van der Waals surface area (Å²) in [7, 11) is 2.97. The van der Waals surface area contributed by atoms with Crippen molar-refractivity contribution in [3.05, 3.63) is 87.9 Å². The van der Waals surface area contributed by atoms with Crippen molar-refractivity contribution in [2.75, 3.05) is 25.7 Å². The Morgan fingerprint density at radius 2 is 1.77 bits per heavy atom. The van der Waals surface area contributed by atoms with Gasteiger partial charge < -0.3 is 23.8 Å². The third-order valence-electron chi connectivity index (χ3n) is 6.43. The summed E-state index contributed by atoms with van der Waals surface area (Å²) >= 11 is 6.31. The summed E-state index contributed by atoms with van der Waals surface area (Å²) in [6, 6.07) is 14.5. The smallest absolute Gasteiger partial charge is 0.416 e. The van der Waals surface area contributed by atoms with Gasteiger partial charge in [-0.05, 0) is 48.9 Å². The first-order valence-electron chi connectivity index (χ1n) is 12.4. The fraction of sp³-hybridized carbons (Fsp3) is 0.310. The maximum absolute atomic E-state index is 14.1. The molecule has 40 heavy (non-hydrogen) atoms. The molecular formula is C29H27ClF3NO6. The topological polar surface area (TPSA) is 74.3 Å². The van der Waals surface area contributed by atoms with Gasteiger partial charge >= 0.3 is 12.1 Å². The van der Waals surface area contributed by atoms with Crippen molar-refractivity contribution >= 4 is 29.2 Å². The number of halogens is 4. The van der Waals surface area contributed by atoms with Crippen LogP contribution >= 0.6 is 11.6 Å². The van der Waals surface area contributed by atoms with Gasteiger partial charge in [0, 0.05) is 22.2 Å². The number of carbonyl (C=O) groups excluding carboxylic acids is 2. The number of hydrogen-bond donors (Lipinski definition) is 0. The van der Waals surface area contributed by atoms with E-state index in [-0.39, 0.29) is 35.0 Å². The second kappa shape index (κ2) is 12.2. The zero-order chi connectivity index (χ0) is 29.0. The van der Waals surface area contributed by atoms with Crippen LogP contribution in [0.25, 0.3) is 0 Å². The molecule has 4 rings (SSSR count). The first-order valence-corrected chi connectivity index (χ1v) is 12.7. The van der Waals surface area contributed by atoms with Gasteiger partial charge in [-0.3, -0.25) is 9.59 Å². The molecule has 0 fully saturated rings. The normalized spacial score (nSPS) is 17.2. The SMILES string of the molecule is CCOC(=O)CC1OC(c2ccccc2C(F)(F)F)c2cc(Cl)ccc2N(Cc2ccc(OC)cc2OC)C1=O. The van der Waals surface area contributed by atoms with Gasteiger partial charge in [0.05, 0.1) is 45.0 Å². The molecular weight excluding hydrogens is 551 g/mol. The van der Waals surface area contributed by atoms with Gasteiger partial charge in [0.1, 0.15) is 23.7 Å². The fourth-order valence-corrected chi connectivity index (χ4v) is 4.80. The molecule has 2 unspecified atom stereocenters. The highest BCUT2D eigenvalue weighted by molar-refractivity contribution is 6.30. The third kappa shape index (κ3) is 6.18. The maximum atomic E-state index is 14.1. The van der Waals surface area contributed by atoms with Crippen LogP contribution in [0.3, 0.4) is 0 Å². The fourth-order valence-electron chi connectivity index (χ4n) is 4.62. The van der Waals surface area contributed by atoms with Crippen LogP contribution in [0.2, 0.25) is 5.02 Å². The molecule has 0 radical (unpaired) electrons. The van der Waals surface area contributed by atoms with Crippen molar-refractivity contribution in [1.82, 2.24) is 0 Å². The standard InChI is InChI=1S/C29H27ClF3NO6/c1-4-39-26(35)15-25-28(36)34(16-17-9-11-19(37-2)14-24(17)38-3)23-12-10-18(30)13-21(23)27(40-25)20-7-5-6-8-22(20)29(31,32)33/h5-14,25,27H,4,15-16H2,1-3H3. The van der Waals surface area contributed by atoms with Crippen molar-refractivity contribution < 1.29 is 41.7 Å². The number of benzene rings is 3. The zero-order valence-corrected chi connectivity index (χ0v) is 22.7. The Kier molecular flexibility index (Phi) is 8.90. The lowest BCUT2D eigenvalue weighted by molar-refractivity contribution is -0.152. The van der Waals surface area contributed by atoms with E-state index in [4.69, 9.17) is 30.5 Å². The molecule has 0 aromatic heterocycles. The second-order valence-electron chi connectivity index (χ2n) is 8.90. The van der Waals surface area contributed by atoms with Crippen LogP contribution < -0.4 is 14.4 Å². The Bertz CT molecular complexity index is 1400. The van der Waals surface area contributed by atoms with Crippen LogP contribution in [0.4, 0.5) is 18.9 Å². The van der Waals surface area contributed by atoms with E-state index in [1.165, 1.54) is 49.5 Å². The summed E-state index contributed by atoms with van der Waals surface area (Å²) in [5, 5.41) is 0.232. The number of amides is 1. The highest BCUT2D eigenvalue weighted by Crippen LogP contribution is 2.44. The van der Waals surface area contributed by atoms with E-state index in [0.717, 1.165) is 6.07 Å². The maximum Gasteiger partial charge on any atom is 0.416 e. The number of nitrogens with zero attached hydrogens (tertiary/aromatic N) is 1. The van der Waals surface area contributed by atoms with Crippen molar-refractivity contribution in [3.63, 3.8) is 0 Å². The van der Waals surface area contributed by atoms with Crippen LogP contribution in [0.15, 0.2) is 60.7 Å². The molecule has 1 aliphatic heterocycles. The van der Waals surface area contributed by atoms with Gasteiger partial charge in [-0.15, -0.1) is 0 Å². The zero-order valence-electron chi connectivity index (χ0n) is 22.0. The molecule has 3 aromatic carbocycles. The summed E-state index contributed by atoms with van der Waals surface area (Å²) in [5.74, 6) is -0.410. The molecule has 0 saturated heterocycles. The lowest BCUT2D eigenvalue weighted by atomic mass is 9.94. The minimum absolute atomic E-state index is 0.0447. The summed E-state index contributed by atoms with van der Waals surface area (Å²) < 4.78 is 64.2. The molecule has 1 amide bonds. The first kappa shape index (κ1) is 29.2. The second-order valence-corrected chi connectivity index (χ2v) is 9.34. The monoisotopic (exact) mass is 577 g/mol. The molecule has 3 aromatic rings. The van der Waals surface area contributed by atoms with Gasteiger partial charge in [0.25, 0.3) is 5.91 Å². The summed E-state index contributed by atoms with van der Waals surface area (Å²) in [4.78, 5) is 27.8. The first-order chi connectivity index (χ1) is 19.1. The van der Waals surface area contributed by atoms with Crippen molar-refractivity contribution in [3.8, 4) is 11.5 Å². The molecule has 0 bridgehead atoms. The highest BCUT2D eigenvalue weighted by Gasteiger charge is 2.42. The van der Waals surface area contributed by atoms with Gasteiger partial charge in [0.15, 0.2) is 0 Å². The largest absolute Gasteiger partial charge is 0.497 e. The summed E-state index contributed by atoms with van der Waals surface area (Å²) in [6.45, 7) is 1.62. The number of rotatable bonds is 8. The molecule has 0 saturated carbocycles. The van der Waals surface area contributed by atoms with E-state index >= 15 is 0 Å². The highest BCUT2D eigenvalue weighted by atomic mass is 35.5. The van der Waals surface area contributed by atoms with E-state index in [2.05, 4.69) is 0 Å². The average Bonchev–Trinajstić information content (AvgIpc) is 3.03. The predicted octanol–water partition coefficient (Wildman–Crippen LogP) is 6.35. The Morgan fingerprint density at radius 3 is 2.45 bits per heavy atom. The minimum atomic E-state index is -4.71. The van der Waals surface area contributed by atoms with Gasteiger partial charge in [0.2, 0.25) is 0 Å². The molecule has 2 atom stereocenters. The van der Waals surface area contributed by atoms with Crippen LogP contribution in [0, 0.1) is 0 Å². The minimum Gasteiger partial charge on any atom is -0.497 e. The Hall–Kier alpha value is -3.76. The molecule has 7 nitrogen and oxygen atoms in total. The van der Waals surface area contributed by atoms with Crippen LogP contribution in [0.5, 0.6) is 11.5 Å². The lowest BCUT2D eigenvalue weighted by Crippen LogP contribution is -2.40. The molecule has 0 spiro atoms. The number of carbonyl (C=O) groups is 2. The van der Waals surface area contributed by atoms with E-state index in [9.17, 15) is 22.8 Å². The molecule has 11 heteroatoms. The Balaban J connectivity index is 1.91. The lowest BCUT2D eigenvalue weighted by Gasteiger charge is -2.26. The van der Waals surface area contributed by atoms with Gasteiger partial charge in [-0.25, -0.2) is 0 Å². The third-order valence-corrected chi connectivity index (χ3v) is 6.67. The summed E-state index contributed by atoms with van der Waals surface area (Å²) in [5.41, 5.74) is -0.0545. The Labute approximate surface area is 234 Å². The number of fused-ring (bicyclic) bond motifs is 1. The molecule has 0 N–H and O–H groups in total. The van der Waals surface area contributed by atoms with E-state index in [0.29, 0.717) is 17.1 Å². The van der Waals surface area contributed by atoms with Crippen molar-refractivity contribution in [2.45, 2.75) is 38.3 Å². The van der Waals surface area contributed by atoms with Crippen molar-refractivity contribution in [1.29, 1.82) is 0 Å². The van der Waals surface area contributed by atoms with E-state index in [1.807, 2.05) is 0 Å². The number of esters is 1. The van der Waals surface area contributed by atoms with Crippen LogP contribution in [-0.2, 0) is 31.8 Å². The summed E-state index contributed by atoms with van der Waals surface area (Å²) in [6.07, 6.45) is -8.05. The Morgan fingerprint density at radius 1 is 1.02 bits per heavy atom. The number of alkyl halides is 3. The van der Waals surface area contributed by atoms with E-state index in [1.54, 1.807) is 31.2 Å². The van der Waals surface area contributed by atoms with E-state index < -0.39 is 42.2 Å². The molecule has 212 valence electrons. The molecule has 1 heterocycles. The van der Waals surface area contributed by atoms with Gasteiger partial charge in [-0.2, -0.15) is 13.2 Å². The predicted molar refractivity (Wildman–Crippen MR) is 142 cm³/mol. The average molecular weight is 578 g/mol. The number of methoxy groups -OCH3 is 2. The van der Waals surface area contributed by atoms with Gasteiger partial charge in [-0.1, -0.05) is 29.8 Å². The van der Waals surface area contributed by atoms with Crippen molar-refractivity contribution in [2.24, 2.45) is 0 Å².